The first-order chi connectivity index (χ1) is 7.39. The van der Waals surface area contributed by atoms with Crippen LogP contribution in [0, 0.1) is 11.3 Å². The summed E-state index contributed by atoms with van der Waals surface area (Å²) in [5.74, 6) is 0.551. The number of carbonyl (C=O) groups is 1. The van der Waals surface area contributed by atoms with Crippen LogP contribution in [0.1, 0.15) is 52.9 Å². The second-order valence-corrected chi connectivity index (χ2v) is 6.00. The lowest BCUT2D eigenvalue weighted by atomic mass is 9.94. The van der Waals surface area contributed by atoms with Gasteiger partial charge in [-0.05, 0) is 25.2 Å². The predicted octanol–water partition coefficient (Wildman–Crippen LogP) is 2.09. The molecule has 0 saturated heterocycles. The van der Waals surface area contributed by atoms with Gasteiger partial charge in [0.1, 0.15) is 0 Å². The van der Waals surface area contributed by atoms with Gasteiger partial charge in [-0.1, -0.05) is 33.6 Å². The highest BCUT2D eigenvalue weighted by molar-refractivity contribution is 5.81. The SMILES string of the molecule is CC(C)(C)C(=O)NCC1CCCCC(O)C1. The molecule has 2 unspecified atom stereocenters. The standard InChI is InChI=1S/C13H25NO2/c1-13(2,3)12(16)14-9-10-6-4-5-7-11(15)8-10/h10-11,15H,4-9H2,1-3H3,(H,14,16). The van der Waals surface area contributed by atoms with Crippen LogP contribution in [0.15, 0.2) is 0 Å². The van der Waals surface area contributed by atoms with E-state index in [0.717, 1.165) is 25.7 Å². The van der Waals surface area contributed by atoms with Crippen LogP contribution in [0.2, 0.25) is 0 Å². The van der Waals surface area contributed by atoms with Crippen LogP contribution in [0.5, 0.6) is 0 Å². The van der Waals surface area contributed by atoms with E-state index in [1.165, 1.54) is 6.42 Å². The second-order valence-electron chi connectivity index (χ2n) is 6.00. The Morgan fingerprint density at radius 2 is 1.94 bits per heavy atom. The Morgan fingerprint density at radius 3 is 2.56 bits per heavy atom. The Labute approximate surface area is 98.6 Å². The first kappa shape index (κ1) is 13.5. The third-order valence-electron chi connectivity index (χ3n) is 3.24. The summed E-state index contributed by atoms with van der Waals surface area (Å²) in [7, 11) is 0. The van der Waals surface area contributed by atoms with Crippen LogP contribution >= 0.6 is 0 Å². The minimum absolute atomic E-state index is 0.103. The van der Waals surface area contributed by atoms with Crippen molar-refractivity contribution in [3.05, 3.63) is 0 Å². The number of hydrogen-bond acceptors (Lipinski definition) is 2. The molecule has 0 aromatic carbocycles. The van der Waals surface area contributed by atoms with Crippen molar-refractivity contribution < 1.29 is 9.90 Å². The first-order valence-electron chi connectivity index (χ1n) is 6.36. The lowest BCUT2D eigenvalue weighted by molar-refractivity contribution is -0.128. The van der Waals surface area contributed by atoms with Gasteiger partial charge in [0, 0.05) is 12.0 Å². The van der Waals surface area contributed by atoms with Crippen molar-refractivity contribution in [3.63, 3.8) is 0 Å². The number of amides is 1. The molecular formula is C13H25NO2. The zero-order chi connectivity index (χ0) is 12.2. The molecule has 0 spiro atoms. The van der Waals surface area contributed by atoms with Crippen LogP contribution in [0.25, 0.3) is 0 Å². The van der Waals surface area contributed by atoms with Crippen molar-refractivity contribution >= 4 is 5.91 Å². The Kier molecular flexibility index (Phi) is 4.78. The monoisotopic (exact) mass is 227 g/mol. The van der Waals surface area contributed by atoms with E-state index in [1.54, 1.807) is 0 Å². The molecule has 2 atom stereocenters. The van der Waals surface area contributed by atoms with Gasteiger partial charge in [0.15, 0.2) is 0 Å². The summed E-state index contributed by atoms with van der Waals surface area (Å²) in [6.07, 6.45) is 5.01. The van der Waals surface area contributed by atoms with E-state index in [-0.39, 0.29) is 17.4 Å². The molecule has 1 aliphatic carbocycles. The average Bonchev–Trinajstić information content (AvgIpc) is 2.37. The van der Waals surface area contributed by atoms with Gasteiger partial charge in [-0.3, -0.25) is 4.79 Å². The smallest absolute Gasteiger partial charge is 0.225 e. The highest BCUT2D eigenvalue weighted by Crippen LogP contribution is 2.23. The van der Waals surface area contributed by atoms with Crippen LogP contribution in [0.3, 0.4) is 0 Å². The normalized spacial score (nSPS) is 27.2. The fourth-order valence-electron chi connectivity index (χ4n) is 2.12. The molecule has 0 heterocycles. The lowest BCUT2D eigenvalue weighted by Crippen LogP contribution is -2.38. The van der Waals surface area contributed by atoms with Gasteiger partial charge in [0.05, 0.1) is 6.10 Å². The quantitative estimate of drug-likeness (QED) is 0.710. The van der Waals surface area contributed by atoms with Crippen molar-refractivity contribution in [3.8, 4) is 0 Å². The minimum atomic E-state index is -0.316. The maximum Gasteiger partial charge on any atom is 0.225 e. The molecule has 0 radical (unpaired) electrons. The summed E-state index contributed by atoms with van der Waals surface area (Å²) in [5, 5.41) is 12.7. The number of aliphatic hydroxyl groups is 1. The number of aliphatic hydroxyl groups excluding tert-OH is 1. The highest BCUT2D eigenvalue weighted by atomic mass is 16.3. The van der Waals surface area contributed by atoms with E-state index >= 15 is 0 Å². The molecule has 1 amide bonds. The van der Waals surface area contributed by atoms with Crippen molar-refractivity contribution in [2.75, 3.05) is 6.54 Å². The average molecular weight is 227 g/mol. The Balaban J connectivity index is 2.34. The molecule has 1 saturated carbocycles. The fraction of sp³-hybridized carbons (Fsp3) is 0.923. The molecule has 1 fully saturated rings. The topological polar surface area (TPSA) is 49.3 Å². The molecule has 3 nitrogen and oxygen atoms in total. The van der Waals surface area contributed by atoms with Crippen molar-refractivity contribution in [2.24, 2.45) is 11.3 Å². The molecule has 3 heteroatoms. The van der Waals surface area contributed by atoms with Crippen LogP contribution in [-0.2, 0) is 4.79 Å². The Morgan fingerprint density at radius 1 is 1.31 bits per heavy atom. The molecule has 0 aliphatic heterocycles. The maximum absolute atomic E-state index is 11.7. The summed E-state index contributed by atoms with van der Waals surface area (Å²) in [4.78, 5) is 11.7. The number of hydrogen-bond donors (Lipinski definition) is 2. The molecule has 2 N–H and O–H groups in total. The third kappa shape index (κ3) is 4.52. The number of carbonyl (C=O) groups excluding carboxylic acids is 1. The molecule has 0 aromatic rings. The van der Waals surface area contributed by atoms with E-state index in [4.69, 9.17) is 0 Å². The van der Waals surface area contributed by atoms with Crippen molar-refractivity contribution in [2.45, 2.75) is 59.0 Å². The summed E-state index contributed by atoms with van der Waals surface area (Å²) in [5.41, 5.74) is -0.316. The molecule has 1 aliphatic rings. The summed E-state index contributed by atoms with van der Waals surface area (Å²) < 4.78 is 0. The van der Waals surface area contributed by atoms with Crippen LogP contribution in [-0.4, -0.2) is 23.7 Å². The first-order valence-corrected chi connectivity index (χ1v) is 6.36. The Hall–Kier alpha value is -0.570. The Bertz CT molecular complexity index is 233. The van der Waals surface area contributed by atoms with E-state index in [2.05, 4.69) is 5.32 Å². The highest BCUT2D eigenvalue weighted by Gasteiger charge is 2.23. The van der Waals surface area contributed by atoms with Gasteiger partial charge < -0.3 is 10.4 Å². The molecule has 1 rings (SSSR count). The molecule has 0 aromatic heterocycles. The summed E-state index contributed by atoms with van der Waals surface area (Å²) in [6, 6.07) is 0. The lowest BCUT2D eigenvalue weighted by Gasteiger charge is -2.21. The molecule has 94 valence electrons. The van der Waals surface area contributed by atoms with Gasteiger partial charge in [-0.2, -0.15) is 0 Å². The maximum atomic E-state index is 11.7. The minimum Gasteiger partial charge on any atom is -0.393 e. The van der Waals surface area contributed by atoms with Crippen molar-refractivity contribution in [1.29, 1.82) is 0 Å². The summed E-state index contributed by atoms with van der Waals surface area (Å²) in [6.45, 7) is 6.48. The van der Waals surface area contributed by atoms with Gasteiger partial charge >= 0.3 is 0 Å². The van der Waals surface area contributed by atoms with E-state index < -0.39 is 0 Å². The van der Waals surface area contributed by atoms with Crippen LogP contribution in [0.4, 0.5) is 0 Å². The largest absolute Gasteiger partial charge is 0.393 e. The van der Waals surface area contributed by atoms with Crippen molar-refractivity contribution in [1.82, 2.24) is 5.32 Å². The predicted molar refractivity (Wildman–Crippen MR) is 65.0 cm³/mol. The molecule has 0 bridgehead atoms. The second kappa shape index (κ2) is 5.67. The molecule has 16 heavy (non-hydrogen) atoms. The van der Waals surface area contributed by atoms with E-state index in [0.29, 0.717) is 12.5 Å². The summed E-state index contributed by atoms with van der Waals surface area (Å²) >= 11 is 0. The third-order valence-corrected chi connectivity index (χ3v) is 3.24. The fourth-order valence-corrected chi connectivity index (χ4v) is 2.12. The van der Waals surface area contributed by atoms with Crippen LogP contribution < -0.4 is 5.32 Å². The van der Waals surface area contributed by atoms with Gasteiger partial charge in [-0.15, -0.1) is 0 Å². The van der Waals surface area contributed by atoms with Gasteiger partial charge in [0.2, 0.25) is 5.91 Å². The zero-order valence-corrected chi connectivity index (χ0v) is 10.8. The van der Waals surface area contributed by atoms with Gasteiger partial charge in [0.25, 0.3) is 0 Å². The number of nitrogens with one attached hydrogen (secondary N) is 1. The van der Waals surface area contributed by atoms with E-state index in [9.17, 15) is 9.90 Å². The number of rotatable bonds is 2. The van der Waals surface area contributed by atoms with Gasteiger partial charge in [-0.25, -0.2) is 0 Å². The van der Waals surface area contributed by atoms with E-state index in [1.807, 2.05) is 20.8 Å². The zero-order valence-electron chi connectivity index (χ0n) is 10.8. The molecular weight excluding hydrogens is 202 g/mol.